The largest absolute Gasteiger partial charge is 0.456 e. The summed E-state index contributed by atoms with van der Waals surface area (Å²) in [7, 11) is 0. The smallest absolute Gasteiger partial charge is 0.136 e. The number of furan rings is 2. The van der Waals surface area contributed by atoms with E-state index in [1.807, 2.05) is 24.3 Å². The molecule has 0 unspecified atom stereocenters. The summed E-state index contributed by atoms with van der Waals surface area (Å²) in [5.41, 5.74) is 13.6. The summed E-state index contributed by atoms with van der Waals surface area (Å²) in [6.07, 6.45) is 0. The average Bonchev–Trinajstić information content (AvgIpc) is 3.84. The minimum absolute atomic E-state index is 0.162. The van der Waals surface area contributed by atoms with Crippen LogP contribution < -0.4 is 0 Å². The van der Waals surface area contributed by atoms with Gasteiger partial charge in [0.15, 0.2) is 0 Å². The predicted molar refractivity (Wildman–Crippen MR) is 222 cm³/mol. The summed E-state index contributed by atoms with van der Waals surface area (Å²) in [5, 5.41) is 12.3. The van der Waals surface area contributed by atoms with Crippen molar-refractivity contribution in [3.05, 3.63) is 169 Å². The SMILES string of the molecule is CC1(C)c2cc(-c3ccc4c5ccccc5c5ccccc5c4c3)ccc2-c2ccc(-c3ccc4oc5ccc6oc7ccccc7c6c5c4c3)cc21. The van der Waals surface area contributed by atoms with Crippen molar-refractivity contribution in [1.29, 1.82) is 0 Å². The number of benzene rings is 9. The van der Waals surface area contributed by atoms with Crippen LogP contribution in [0.2, 0.25) is 0 Å². The molecule has 0 amide bonds. The number of para-hydroxylation sites is 1. The monoisotopic (exact) mass is 676 g/mol. The van der Waals surface area contributed by atoms with E-state index in [1.165, 1.54) is 76.8 Å². The molecule has 0 saturated carbocycles. The molecule has 0 fully saturated rings. The van der Waals surface area contributed by atoms with Crippen molar-refractivity contribution in [2.45, 2.75) is 19.3 Å². The normalized spacial score (nSPS) is 13.6. The third-order valence-electron chi connectivity index (χ3n) is 12.1. The van der Waals surface area contributed by atoms with Crippen LogP contribution in [0.3, 0.4) is 0 Å². The topological polar surface area (TPSA) is 26.3 Å². The van der Waals surface area contributed by atoms with E-state index in [1.54, 1.807) is 0 Å². The van der Waals surface area contributed by atoms with Crippen molar-refractivity contribution in [2.75, 3.05) is 0 Å². The van der Waals surface area contributed by atoms with Gasteiger partial charge < -0.3 is 8.83 Å². The quantitative estimate of drug-likeness (QED) is 0.170. The first-order valence-electron chi connectivity index (χ1n) is 18.4. The lowest BCUT2D eigenvalue weighted by Crippen LogP contribution is -2.15. The molecule has 2 heteroatoms. The molecule has 0 atom stereocenters. The highest BCUT2D eigenvalue weighted by Gasteiger charge is 2.36. The molecule has 53 heavy (non-hydrogen) atoms. The fourth-order valence-corrected chi connectivity index (χ4v) is 9.45. The van der Waals surface area contributed by atoms with Crippen LogP contribution in [-0.4, -0.2) is 0 Å². The Hall–Kier alpha value is -6.64. The fourth-order valence-electron chi connectivity index (χ4n) is 9.45. The van der Waals surface area contributed by atoms with E-state index in [0.717, 1.165) is 43.9 Å². The van der Waals surface area contributed by atoms with Gasteiger partial charge in [-0.15, -0.1) is 0 Å². The van der Waals surface area contributed by atoms with E-state index in [2.05, 4.69) is 147 Å². The Morgan fingerprint density at radius 1 is 0.321 bits per heavy atom. The molecule has 12 rings (SSSR count). The van der Waals surface area contributed by atoms with Crippen molar-refractivity contribution in [1.82, 2.24) is 0 Å². The summed E-state index contributed by atoms with van der Waals surface area (Å²) >= 11 is 0. The Morgan fingerprint density at radius 2 is 0.717 bits per heavy atom. The maximum Gasteiger partial charge on any atom is 0.136 e. The molecule has 2 nitrogen and oxygen atoms in total. The van der Waals surface area contributed by atoms with Gasteiger partial charge in [-0.2, -0.15) is 0 Å². The average molecular weight is 677 g/mol. The standard InChI is InChI=1S/C51H32O2/c1-51(2)43-27-31(29-15-19-37-35-11-4-3-9-33(35)34-10-5-6-12-36(34)41(37)25-29)16-20-38(43)39-21-17-32(28-44(39)51)30-18-22-46-42(26-30)50-48(53-46)24-23-47-49(50)40-13-7-8-14-45(40)52-47/h3-28H,1-2H3. The van der Waals surface area contributed by atoms with E-state index in [9.17, 15) is 0 Å². The van der Waals surface area contributed by atoms with Gasteiger partial charge in [0.2, 0.25) is 0 Å². The van der Waals surface area contributed by atoms with Crippen molar-refractivity contribution < 1.29 is 8.83 Å². The molecule has 0 bridgehead atoms. The van der Waals surface area contributed by atoms with Crippen LogP contribution in [0, 0.1) is 0 Å². The van der Waals surface area contributed by atoms with Gasteiger partial charge in [-0.05, 0) is 125 Å². The third kappa shape index (κ3) is 3.93. The molecule has 1 aliphatic rings. The zero-order chi connectivity index (χ0) is 35.0. The molecule has 11 aromatic rings. The molecule has 0 radical (unpaired) electrons. The molecule has 0 spiro atoms. The van der Waals surface area contributed by atoms with E-state index in [4.69, 9.17) is 8.83 Å². The van der Waals surface area contributed by atoms with E-state index in [-0.39, 0.29) is 5.41 Å². The number of hydrogen-bond acceptors (Lipinski definition) is 2. The highest BCUT2D eigenvalue weighted by atomic mass is 16.3. The Balaban J connectivity index is 0.974. The van der Waals surface area contributed by atoms with Crippen LogP contribution in [0.5, 0.6) is 0 Å². The summed E-state index contributed by atoms with van der Waals surface area (Å²) in [6, 6.07) is 57.6. The van der Waals surface area contributed by atoms with Gasteiger partial charge in [0.05, 0.1) is 0 Å². The lowest BCUT2D eigenvalue weighted by Gasteiger charge is -2.23. The number of fused-ring (bicyclic) bond motifs is 16. The minimum atomic E-state index is -0.162. The van der Waals surface area contributed by atoms with Crippen molar-refractivity contribution in [2.24, 2.45) is 0 Å². The second kappa shape index (κ2) is 10.2. The molecule has 9 aromatic carbocycles. The van der Waals surface area contributed by atoms with E-state index < -0.39 is 0 Å². The second-order valence-electron chi connectivity index (χ2n) is 15.2. The number of rotatable bonds is 2. The first-order chi connectivity index (χ1) is 26.0. The molecule has 0 N–H and O–H groups in total. The summed E-state index contributed by atoms with van der Waals surface area (Å²) in [4.78, 5) is 0. The van der Waals surface area contributed by atoms with Gasteiger partial charge in [0, 0.05) is 27.0 Å². The van der Waals surface area contributed by atoms with Crippen molar-refractivity contribution in [3.63, 3.8) is 0 Å². The molecule has 248 valence electrons. The van der Waals surface area contributed by atoms with Crippen LogP contribution in [0.4, 0.5) is 0 Å². The maximum absolute atomic E-state index is 6.39. The van der Waals surface area contributed by atoms with Gasteiger partial charge in [-0.25, -0.2) is 0 Å². The Kier molecular flexibility index (Phi) is 5.60. The zero-order valence-corrected chi connectivity index (χ0v) is 29.3. The lowest BCUT2D eigenvalue weighted by atomic mass is 9.80. The van der Waals surface area contributed by atoms with Gasteiger partial charge >= 0.3 is 0 Å². The van der Waals surface area contributed by atoms with Gasteiger partial charge in [0.25, 0.3) is 0 Å². The van der Waals surface area contributed by atoms with Crippen LogP contribution >= 0.6 is 0 Å². The molecular weight excluding hydrogens is 645 g/mol. The van der Waals surface area contributed by atoms with Gasteiger partial charge in [-0.1, -0.05) is 123 Å². The van der Waals surface area contributed by atoms with Crippen LogP contribution in [0.1, 0.15) is 25.0 Å². The van der Waals surface area contributed by atoms with Crippen molar-refractivity contribution >= 4 is 76.2 Å². The Labute approximate surface area is 305 Å². The van der Waals surface area contributed by atoms with Crippen LogP contribution in [0.15, 0.2) is 167 Å². The third-order valence-corrected chi connectivity index (χ3v) is 12.1. The van der Waals surface area contributed by atoms with E-state index in [0.29, 0.717) is 0 Å². The highest BCUT2D eigenvalue weighted by Crippen LogP contribution is 2.51. The predicted octanol–water partition coefficient (Wildman–Crippen LogP) is 14.6. The lowest BCUT2D eigenvalue weighted by molar-refractivity contribution is 0.661. The van der Waals surface area contributed by atoms with Gasteiger partial charge in [-0.3, -0.25) is 0 Å². The number of hydrogen-bond donors (Lipinski definition) is 0. The van der Waals surface area contributed by atoms with Crippen LogP contribution in [0.25, 0.3) is 110 Å². The first-order valence-corrected chi connectivity index (χ1v) is 18.4. The summed E-state index contributed by atoms with van der Waals surface area (Å²) in [6.45, 7) is 4.75. The maximum atomic E-state index is 6.39. The first kappa shape index (κ1) is 29.0. The summed E-state index contributed by atoms with van der Waals surface area (Å²) in [5.74, 6) is 0. The minimum Gasteiger partial charge on any atom is -0.456 e. The zero-order valence-electron chi connectivity index (χ0n) is 29.3. The molecule has 2 aromatic heterocycles. The molecule has 1 aliphatic carbocycles. The van der Waals surface area contributed by atoms with Crippen molar-refractivity contribution in [3.8, 4) is 33.4 Å². The molecular formula is C51H32O2. The fraction of sp³-hybridized carbons (Fsp3) is 0.0588. The second-order valence-corrected chi connectivity index (χ2v) is 15.2. The Morgan fingerprint density at radius 3 is 1.32 bits per heavy atom. The highest BCUT2D eigenvalue weighted by molar-refractivity contribution is 6.27. The molecule has 0 saturated heterocycles. The summed E-state index contributed by atoms with van der Waals surface area (Å²) < 4.78 is 12.6. The Bertz CT molecular complexity index is 3330. The molecule has 2 heterocycles. The van der Waals surface area contributed by atoms with E-state index >= 15 is 0 Å². The molecule has 0 aliphatic heterocycles. The van der Waals surface area contributed by atoms with Gasteiger partial charge in [0.1, 0.15) is 22.3 Å². The van der Waals surface area contributed by atoms with Crippen LogP contribution in [-0.2, 0) is 5.41 Å².